The van der Waals surface area contributed by atoms with E-state index in [0.29, 0.717) is 18.6 Å². The minimum Gasteiger partial charge on any atom is -0.479 e. The Bertz CT molecular complexity index is 518. The number of ether oxygens (including phenoxy) is 1. The summed E-state index contributed by atoms with van der Waals surface area (Å²) in [6.07, 6.45) is 0.291. The average molecular weight is 263 g/mol. The molecule has 1 fully saturated rings. The third-order valence-electron chi connectivity index (χ3n) is 3.55. The predicted octanol–water partition coefficient (Wildman–Crippen LogP) is 1.28. The van der Waals surface area contributed by atoms with Gasteiger partial charge in [-0.05, 0) is 37.1 Å². The van der Waals surface area contributed by atoms with Crippen molar-refractivity contribution in [3.05, 3.63) is 34.9 Å². The van der Waals surface area contributed by atoms with Crippen molar-refractivity contribution < 1.29 is 19.4 Å². The first-order chi connectivity index (χ1) is 8.94. The van der Waals surface area contributed by atoms with E-state index in [1.165, 1.54) is 0 Å². The van der Waals surface area contributed by atoms with E-state index in [9.17, 15) is 14.7 Å². The van der Waals surface area contributed by atoms with Crippen LogP contribution in [0.15, 0.2) is 18.2 Å². The first-order valence-corrected chi connectivity index (χ1v) is 6.15. The molecule has 1 atom stereocenters. The molecule has 0 radical (unpaired) electrons. The van der Waals surface area contributed by atoms with Crippen LogP contribution in [0.25, 0.3) is 0 Å². The zero-order valence-electron chi connectivity index (χ0n) is 11.0. The molecule has 1 saturated heterocycles. The van der Waals surface area contributed by atoms with E-state index >= 15 is 0 Å². The molecule has 0 spiro atoms. The van der Waals surface area contributed by atoms with Crippen LogP contribution in [0.1, 0.15) is 27.9 Å². The van der Waals surface area contributed by atoms with Crippen LogP contribution in [0.2, 0.25) is 0 Å². The van der Waals surface area contributed by atoms with Gasteiger partial charge in [-0.25, -0.2) is 4.79 Å². The molecular formula is C14H17NO4. The standard InChI is InChI=1S/C14H17NO4/c1-9-3-4-11(7-10(9)2)12(16)15-14(13(17)18)5-6-19-8-14/h3-4,7H,5-6,8H2,1-2H3,(H,15,16)(H,17,18). The molecule has 5 heteroatoms. The number of rotatable bonds is 3. The summed E-state index contributed by atoms with van der Waals surface area (Å²) in [6, 6.07) is 5.31. The maximum Gasteiger partial charge on any atom is 0.331 e. The average Bonchev–Trinajstić information content (AvgIpc) is 2.82. The quantitative estimate of drug-likeness (QED) is 0.861. The van der Waals surface area contributed by atoms with E-state index in [1.54, 1.807) is 12.1 Å². The van der Waals surface area contributed by atoms with Crippen molar-refractivity contribution in [2.45, 2.75) is 25.8 Å². The number of amides is 1. The highest BCUT2D eigenvalue weighted by atomic mass is 16.5. The van der Waals surface area contributed by atoms with Gasteiger partial charge in [0.1, 0.15) is 0 Å². The third-order valence-corrected chi connectivity index (χ3v) is 3.55. The highest BCUT2D eigenvalue weighted by Gasteiger charge is 2.44. The largest absolute Gasteiger partial charge is 0.479 e. The van der Waals surface area contributed by atoms with Gasteiger partial charge in [0.05, 0.1) is 6.61 Å². The smallest absolute Gasteiger partial charge is 0.331 e. The van der Waals surface area contributed by atoms with Gasteiger partial charge in [0.15, 0.2) is 5.54 Å². The second kappa shape index (κ2) is 5.01. The Balaban J connectivity index is 2.20. The second-order valence-corrected chi connectivity index (χ2v) is 4.94. The Morgan fingerprint density at radius 3 is 2.58 bits per heavy atom. The SMILES string of the molecule is Cc1ccc(C(=O)NC2(C(=O)O)CCOC2)cc1C. The van der Waals surface area contributed by atoms with Crippen molar-refractivity contribution in [1.29, 1.82) is 0 Å². The van der Waals surface area contributed by atoms with Gasteiger partial charge in [-0.1, -0.05) is 6.07 Å². The zero-order valence-corrected chi connectivity index (χ0v) is 11.0. The maximum absolute atomic E-state index is 12.1. The van der Waals surface area contributed by atoms with Crippen LogP contribution in [0, 0.1) is 13.8 Å². The predicted molar refractivity (Wildman–Crippen MR) is 69.2 cm³/mol. The second-order valence-electron chi connectivity index (χ2n) is 4.94. The maximum atomic E-state index is 12.1. The molecule has 1 aliphatic heterocycles. The van der Waals surface area contributed by atoms with E-state index in [2.05, 4.69) is 5.32 Å². The Morgan fingerprint density at radius 2 is 2.05 bits per heavy atom. The summed E-state index contributed by atoms with van der Waals surface area (Å²) in [5, 5.41) is 11.9. The molecule has 1 aliphatic rings. The lowest BCUT2D eigenvalue weighted by atomic mass is 9.97. The third kappa shape index (κ3) is 2.61. The molecule has 1 heterocycles. The van der Waals surface area contributed by atoms with Gasteiger partial charge in [-0.2, -0.15) is 0 Å². The first kappa shape index (κ1) is 13.5. The summed E-state index contributed by atoms with van der Waals surface area (Å²) < 4.78 is 5.11. The molecule has 1 aromatic carbocycles. The fourth-order valence-electron chi connectivity index (χ4n) is 2.06. The van der Waals surface area contributed by atoms with Crippen molar-refractivity contribution in [1.82, 2.24) is 5.32 Å². The fourth-order valence-corrected chi connectivity index (χ4v) is 2.06. The minimum atomic E-state index is -1.30. The van der Waals surface area contributed by atoms with Gasteiger partial charge in [-0.3, -0.25) is 4.79 Å². The summed E-state index contributed by atoms with van der Waals surface area (Å²) in [5.74, 6) is -1.43. The molecule has 19 heavy (non-hydrogen) atoms. The minimum absolute atomic E-state index is 0.0128. The Hall–Kier alpha value is -1.88. The summed E-state index contributed by atoms with van der Waals surface area (Å²) in [6.45, 7) is 4.23. The lowest BCUT2D eigenvalue weighted by molar-refractivity contribution is -0.144. The molecule has 5 nitrogen and oxygen atoms in total. The van der Waals surface area contributed by atoms with E-state index in [-0.39, 0.29) is 12.5 Å². The number of nitrogens with one attached hydrogen (secondary N) is 1. The molecule has 2 N–H and O–H groups in total. The fraction of sp³-hybridized carbons (Fsp3) is 0.429. The monoisotopic (exact) mass is 263 g/mol. The van der Waals surface area contributed by atoms with Gasteiger partial charge >= 0.3 is 5.97 Å². The van der Waals surface area contributed by atoms with Gasteiger partial charge < -0.3 is 15.2 Å². The highest BCUT2D eigenvalue weighted by Crippen LogP contribution is 2.20. The summed E-state index contributed by atoms with van der Waals surface area (Å²) in [5.41, 5.74) is 1.26. The Kier molecular flexibility index (Phi) is 3.57. The number of carbonyl (C=O) groups excluding carboxylic acids is 1. The van der Waals surface area contributed by atoms with Crippen LogP contribution in [-0.2, 0) is 9.53 Å². The topological polar surface area (TPSA) is 75.6 Å². The van der Waals surface area contributed by atoms with E-state index in [1.807, 2.05) is 19.9 Å². The Labute approximate surface area is 111 Å². The normalized spacial score (nSPS) is 22.2. The number of aliphatic carboxylic acids is 1. The lowest BCUT2D eigenvalue weighted by Crippen LogP contribution is -2.55. The van der Waals surface area contributed by atoms with E-state index < -0.39 is 11.5 Å². The molecule has 1 amide bonds. The molecule has 102 valence electrons. The molecule has 2 rings (SSSR count). The zero-order chi connectivity index (χ0) is 14.0. The van der Waals surface area contributed by atoms with Crippen LogP contribution in [0.4, 0.5) is 0 Å². The summed E-state index contributed by atoms with van der Waals surface area (Å²) in [7, 11) is 0. The number of carbonyl (C=O) groups is 2. The van der Waals surface area contributed by atoms with E-state index in [4.69, 9.17) is 4.74 Å². The van der Waals surface area contributed by atoms with Crippen LogP contribution in [0.3, 0.4) is 0 Å². The molecule has 0 bridgehead atoms. The van der Waals surface area contributed by atoms with Crippen molar-refractivity contribution >= 4 is 11.9 Å². The Morgan fingerprint density at radius 1 is 1.32 bits per heavy atom. The summed E-state index contributed by atoms with van der Waals surface area (Å²) >= 11 is 0. The van der Waals surface area contributed by atoms with Gasteiger partial charge in [0, 0.05) is 18.6 Å². The number of benzene rings is 1. The number of aryl methyl sites for hydroxylation is 2. The lowest BCUT2D eigenvalue weighted by Gasteiger charge is -2.23. The number of carboxylic acids is 1. The van der Waals surface area contributed by atoms with Gasteiger partial charge in [-0.15, -0.1) is 0 Å². The molecule has 0 saturated carbocycles. The van der Waals surface area contributed by atoms with Crippen LogP contribution < -0.4 is 5.32 Å². The molecule has 1 aromatic rings. The number of hydrogen-bond acceptors (Lipinski definition) is 3. The molecule has 0 aliphatic carbocycles. The first-order valence-electron chi connectivity index (χ1n) is 6.15. The molecule has 1 unspecified atom stereocenters. The number of carboxylic acid groups (broad SMARTS) is 1. The summed E-state index contributed by atoms with van der Waals surface area (Å²) in [4.78, 5) is 23.5. The van der Waals surface area contributed by atoms with Crippen molar-refractivity contribution in [2.75, 3.05) is 13.2 Å². The van der Waals surface area contributed by atoms with Crippen LogP contribution in [0.5, 0.6) is 0 Å². The van der Waals surface area contributed by atoms with Crippen molar-refractivity contribution in [3.8, 4) is 0 Å². The number of hydrogen-bond donors (Lipinski definition) is 2. The van der Waals surface area contributed by atoms with Crippen molar-refractivity contribution in [3.63, 3.8) is 0 Å². The van der Waals surface area contributed by atoms with E-state index in [0.717, 1.165) is 11.1 Å². The van der Waals surface area contributed by atoms with Crippen LogP contribution in [-0.4, -0.2) is 35.7 Å². The molecule has 0 aromatic heterocycles. The van der Waals surface area contributed by atoms with Crippen molar-refractivity contribution in [2.24, 2.45) is 0 Å². The van der Waals surface area contributed by atoms with Crippen LogP contribution >= 0.6 is 0 Å². The molecular weight excluding hydrogens is 246 g/mol. The van der Waals surface area contributed by atoms with Gasteiger partial charge in [0.2, 0.25) is 0 Å². The highest BCUT2D eigenvalue weighted by molar-refractivity contribution is 5.98. The van der Waals surface area contributed by atoms with Gasteiger partial charge in [0.25, 0.3) is 5.91 Å².